The highest BCUT2D eigenvalue weighted by molar-refractivity contribution is 4.86. The normalized spacial score (nSPS) is 35.7. The van der Waals surface area contributed by atoms with Crippen molar-refractivity contribution in [3.8, 4) is 0 Å². The number of ether oxygens (including phenoxy) is 2. The Kier molecular flexibility index (Phi) is 4.13. The van der Waals surface area contributed by atoms with E-state index in [1.165, 1.54) is 25.7 Å². The molecule has 0 bridgehead atoms. The molecule has 2 heterocycles. The molecule has 110 valence electrons. The van der Waals surface area contributed by atoms with E-state index in [4.69, 9.17) is 9.47 Å². The minimum Gasteiger partial charge on any atom is -0.373 e. The van der Waals surface area contributed by atoms with E-state index in [2.05, 4.69) is 24.1 Å². The Morgan fingerprint density at radius 3 is 2.68 bits per heavy atom. The number of hydrogen-bond donors (Lipinski definition) is 1. The highest BCUT2D eigenvalue weighted by Gasteiger charge is 2.32. The van der Waals surface area contributed by atoms with E-state index in [0.717, 1.165) is 38.8 Å². The predicted octanol–water partition coefficient (Wildman–Crippen LogP) is 1.40. The summed E-state index contributed by atoms with van der Waals surface area (Å²) in [5, 5.41) is 3.58. The molecular formula is C15H28N2O2. The van der Waals surface area contributed by atoms with E-state index in [0.29, 0.717) is 12.2 Å². The van der Waals surface area contributed by atoms with Gasteiger partial charge in [0.2, 0.25) is 0 Å². The molecule has 0 spiro atoms. The van der Waals surface area contributed by atoms with Crippen LogP contribution in [0.4, 0.5) is 0 Å². The van der Waals surface area contributed by atoms with Crippen LogP contribution in [0.5, 0.6) is 0 Å². The Morgan fingerprint density at radius 1 is 1.16 bits per heavy atom. The van der Waals surface area contributed by atoms with Gasteiger partial charge in [-0.05, 0) is 39.5 Å². The van der Waals surface area contributed by atoms with Crippen molar-refractivity contribution in [2.45, 2.75) is 63.4 Å². The first-order valence-electron chi connectivity index (χ1n) is 7.86. The summed E-state index contributed by atoms with van der Waals surface area (Å²) in [5.74, 6) is 0. The van der Waals surface area contributed by atoms with Crippen molar-refractivity contribution in [1.82, 2.24) is 10.2 Å². The Morgan fingerprint density at radius 2 is 1.95 bits per heavy atom. The highest BCUT2D eigenvalue weighted by Crippen LogP contribution is 2.24. The van der Waals surface area contributed by atoms with Crippen LogP contribution < -0.4 is 5.32 Å². The maximum atomic E-state index is 6.17. The van der Waals surface area contributed by atoms with E-state index in [1.54, 1.807) is 0 Å². The maximum absolute atomic E-state index is 6.17. The standard InChI is InChI=1S/C15H28N2O2/c1-15(2)11-17(7-8-18-15)10-14-6-5-13(19-14)9-16-12-3-4-12/h12-14,16H,3-11H2,1-2H3. The average Bonchev–Trinajstić information content (AvgIpc) is 3.06. The van der Waals surface area contributed by atoms with Gasteiger partial charge in [-0.1, -0.05) is 0 Å². The molecule has 3 fully saturated rings. The molecule has 4 heteroatoms. The van der Waals surface area contributed by atoms with Gasteiger partial charge < -0.3 is 14.8 Å². The molecule has 2 aliphatic heterocycles. The summed E-state index contributed by atoms with van der Waals surface area (Å²) in [5.41, 5.74) is 0.00375. The largest absolute Gasteiger partial charge is 0.373 e. The molecule has 19 heavy (non-hydrogen) atoms. The predicted molar refractivity (Wildman–Crippen MR) is 75.4 cm³/mol. The lowest BCUT2D eigenvalue weighted by atomic mass is 10.1. The summed E-state index contributed by atoms with van der Waals surface area (Å²) in [7, 11) is 0. The molecule has 2 atom stereocenters. The number of rotatable bonds is 5. The van der Waals surface area contributed by atoms with E-state index < -0.39 is 0 Å². The SMILES string of the molecule is CC1(C)CN(CC2CCC(CNC3CC3)O2)CCO1. The summed E-state index contributed by atoms with van der Waals surface area (Å²) < 4.78 is 11.9. The van der Waals surface area contributed by atoms with Crippen LogP contribution in [-0.4, -0.2) is 61.5 Å². The second-order valence-corrected chi connectivity index (χ2v) is 6.98. The van der Waals surface area contributed by atoms with Crippen molar-refractivity contribution in [2.75, 3.05) is 32.8 Å². The van der Waals surface area contributed by atoms with E-state index in [-0.39, 0.29) is 5.60 Å². The molecule has 0 aromatic rings. The smallest absolute Gasteiger partial charge is 0.0753 e. The van der Waals surface area contributed by atoms with Crippen molar-refractivity contribution in [1.29, 1.82) is 0 Å². The first-order chi connectivity index (χ1) is 9.11. The third kappa shape index (κ3) is 4.15. The van der Waals surface area contributed by atoms with Crippen molar-refractivity contribution in [3.05, 3.63) is 0 Å². The molecule has 3 rings (SSSR count). The summed E-state index contributed by atoms with van der Waals surface area (Å²) in [6.07, 6.45) is 6.03. The first-order valence-corrected chi connectivity index (χ1v) is 7.86. The third-order valence-electron chi connectivity index (χ3n) is 4.37. The number of hydrogen-bond acceptors (Lipinski definition) is 4. The van der Waals surface area contributed by atoms with Crippen LogP contribution in [0.3, 0.4) is 0 Å². The highest BCUT2D eigenvalue weighted by atomic mass is 16.5. The second-order valence-electron chi connectivity index (χ2n) is 6.98. The molecule has 1 N–H and O–H groups in total. The van der Waals surface area contributed by atoms with Gasteiger partial charge in [0, 0.05) is 32.2 Å². The molecule has 3 aliphatic rings. The van der Waals surface area contributed by atoms with Gasteiger partial charge in [-0.3, -0.25) is 4.90 Å². The van der Waals surface area contributed by atoms with Crippen LogP contribution in [-0.2, 0) is 9.47 Å². The zero-order valence-electron chi connectivity index (χ0n) is 12.4. The van der Waals surface area contributed by atoms with Gasteiger partial charge >= 0.3 is 0 Å². The van der Waals surface area contributed by atoms with Crippen LogP contribution in [0.15, 0.2) is 0 Å². The number of nitrogens with one attached hydrogen (secondary N) is 1. The number of morpholine rings is 1. The lowest BCUT2D eigenvalue weighted by Crippen LogP contribution is -2.50. The van der Waals surface area contributed by atoms with Crippen LogP contribution in [0.1, 0.15) is 39.5 Å². The maximum Gasteiger partial charge on any atom is 0.0753 e. The van der Waals surface area contributed by atoms with Gasteiger partial charge in [-0.2, -0.15) is 0 Å². The van der Waals surface area contributed by atoms with Crippen molar-refractivity contribution in [3.63, 3.8) is 0 Å². The quantitative estimate of drug-likeness (QED) is 0.817. The van der Waals surface area contributed by atoms with E-state index in [1.807, 2.05) is 0 Å². The van der Waals surface area contributed by atoms with Gasteiger partial charge in [-0.25, -0.2) is 0 Å². The molecule has 0 radical (unpaired) electrons. The van der Waals surface area contributed by atoms with Crippen molar-refractivity contribution < 1.29 is 9.47 Å². The van der Waals surface area contributed by atoms with Gasteiger partial charge in [-0.15, -0.1) is 0 Å². The molecule has 4 nitrogen and oxygen atoms in total. The fourth-order valence-corrected chi connectivity index (χ4v) is 3.21. The Hall–Kier alpha value is -0.160. The minimum atomic E-state index is 0.00375. The molecular weight excluding hydrogens is 240 g/mol. The van der Waals surface area contributed by atoms with Gasteiger partial charge in [0.05, 0.1) is 24.4 Å². The number of nitrogens with zero attached hydrogens (tertiary/aromatic N) is 1. The van der Waals surface area contributed by atoms with Crippen LogP contribution >= 0.6 is 0 Å². The van der Waals surface area contributed by atoms with E-state index in [9.17, 15) is 0 Å². The van der Waals surface area contributed by atoms with Gasteiger partial charge in [0.25, 0.3) is 0 Å². The Balaban J connectivity index is 1.38. The van der Waals surface area contributed by atoms with Crippen molar-refractivity contribution >= 4 is 0 Å². The van der Waals surface area contributed by atoms with Gasteiger partial charge in [0.15, 0.2) is 0 Å². The summed E-state index contributed by atoms with van der Waals surface area (Å²) in [6, 6.07) is 0.794. The lowest BCUT2D eigenvalue weighted by Gasteiger charge is -2.39. The zero-order valence-corrected chi connectivity index (χ0v) is 12.4. The Labute approximate surface area is 116 Å². The van der Waals surface area contributed by atoms with Crippen LogP contribution in [0.25, 0.3) is 0 Å². The average molecular weight is 268 g/mol. The molecule has 0 amide bonds. The first kappa shape index (κ1) is 13.8. The fraction of sp³-hybridized carbons (Fsp3) is 1.00. The lowest BCUT2D eigenvalue weighted by molar-refractivity contribution is -0.0965. The molecule has 0 aromatic carbocycles. The van der Waals surface area contributed by atoms with Crippen molar-refractivity contribution in [2.24, 2.45) is 0 Å². The van der Waals surface area contributed by atoms with Gasteiger partial charge in [0.1, 0.15) is 0 Å². The molecule has 2 unspecified atom stereocenters. The summed E-state index contributed by atoms with van der Waals surface area (Å²) in [6.45, 7) is 9.41. The molecule has 2 saturated heterocycles. The van der Waals surface area contributed by atoms with Crippen LogP contribution in [0, 0.1) is 0 Å². The second kappa shape index (κ2) is 5.68. The molecule has 1 aliphatic carbocycles. The Bertz CT molecular complexity index is 305. The van der Waals surface area contributed by atoms with E-state index >= 15 is 0 Å². The zero-order chi connectivity index (χ0) is 13.3. The third-order valence-corrected chi connectivity index (χ3v) is 4.37. The van der Waals surface area contributed by atoms with Crippen LogP contribution in [0.2, 0.25) is 0 Å². The fourth-order valence-electron chi connectivity index (χ4n) is 3.21. The monoisotopic (exact) mass is 268 g/mol. The molecule has 1 saturated carbocycles. The molecule has 0 aromatic heterocycles. The minimum absolute atomic E-state index is 0.00375. The summed E-state index contributed by atoms with van der Waals surface area (Å²) >= 11 is 0. The summed E-state index contributed by atoms with van der Waals surface area (Å²) in [4.78, 5) is 2.50. The topological polar surface area (TPSA) is 33.7 Å².